The summed E-state index contributed by atoms with van der Waals surface area (Å²) >= 11 is 2.02. The van der Waals surface area contributed by atoms with E-state index in [1.165, 1.54) is 12.2 Å². The van der Waals surface area contributed by atoms with Crippen LogP contribution in [0.25, 0.3) is 0 Å². The molecule has 0 saturated carbocycles. The number of hydrogen-bond donors (Lipinski definition) is 1. The highest BCUT2D eigenvalue weighted by Crippen LogP contribution is 2.35. The molecular formula is C15H23NO2S. The molecule has 1 aliphatic heterocycles. The zero-order valence-electron chi connectivity index (χ0n) is 12.2. The summed E-state index contributed by atoms with van der Waals surface area (Å²) in [7, 11) is 3.36. The van der Waals surface area contributed by atoms with Crippen LogP contribution in [0.1, 0.15) is 20.3 Å². The van der Waals surface area contributed by atoms with E-state index in [-0.39, 0.29) is 0 Å². The molecule has 1 unspecified atom stereocenters. The third-order valence-electron chi connectivity index (χ3n) is 3.33. The number of ether oxygens (including phenoxy) is 2. The second-order valence-electron chi connectivity index (χ2n) is 5.83. The van der Waals surface area contributed by atoms with Gasteiger partial charge in [0, 0.05) is 35.7 Å². The van der Waals surface area contributed by atoms with Crippen LogP contribution in [0.4, 0.5) is 5.69 Å². The topological polar surface area (TPSA) is 30.5 Å². The quantitative estimate of drug-likeness (QED) is 0.912. The predicted octanol–water partition coefficient (Wildman–Crippen LogP) is 3.65. The fourth-order valence-corrected chi connectivity index (χ4v) is 3.76. The van der Waals surface area contributed by atoms with Gasteiger partial charge in [0.25, 0.3) is 0 Å². The Morgan fingerprint density at radius 1 is 1.16 bits per heavy atom. The van der Waals surface area contributed by atoms with Gasteiger partial charge in [-0.15, -0.1) is 0 Å². The van der Waals surface area contributed by atoms with Gasteiger partial charge in [0.15, 0.2) is 0 Å². The third-order valence-corrected chi connectivity index (χ3v) is 4.96. The summed E-state index contributed by atoms with van der Waals surface area (Å²) in [5, 5.41) is 3.61. The SMILES string of the molecule is COc1cc(NC2CSCC(C)(C)C2)cc(OC)c1. The van der Waals surface area contributed by atoms with Gasteiger partial charge in [0.2, 0.25) is 0 Å². The van der Waals surface area contributed by atoms with Gasteiger partial charge in [0.05, 0.1) is 14.2 Å². The average Bonchev–Trinajstić information content (AvgIpc) is 2.37. The maximum atomic E-state index is 5.30. The van der Waals surface area contributed by atoms with Crippen LogP contribution in [0.2, 0.25) is 0 Å². The number of anilines is 1. The van der Waals surface area contributed by atoms with E-state index in [9.17, 15) is 0 Å². The Hall–Kier alpha value is -1.03. The van der Waals surface area contributed by atoms with Crippen LogP contribution in [-0.4, -0.2) is 31.8 Å². The van der Waals surface area contributed by atoms with Gasteiger partial charge in [-0.1, -0.05) is 13.8 Å². The maximum absolute atomic E-state index is 5.30. The summed E-state index contributed by atoms with van der Waals surface area (Å²) in [6, 6.07) is 6.44. The highest BCUT2D eigenvalue weighted by Gasteiger charge is 2.28. The summed E-state index contributed by atoms with van der Waals surface area (Å²) in [5.74, 6) is 4.05. The zero-order chi connectivity index (χ0) is 13.9. The van der Waals surface area contributed by atoms with Crippen LogP contribution in [-0.2, 0) is 0 Å². The van der Waals surface area contributed by atoms with Crippen LogP contribution in [0.15, 0.2) is 18.2 Å². The van der Waals surface area contributed by atoms with E-state index in [1.807, 2.05) is 30.0 Å². The summed E-state index contributed by atoms with van der Waals surface area (Å²) in [4.78, 5) is 0. The first-order valence-electron chi connectivity index (χ1n) is 6.60. The maximum Gasteiger partial charge on any atom is 0.124 e. The van der Waals surface area contributed by atoms with E-state index >= 15 is 0 Å². The molecule has 1 N–H and O–H groups in total. The largest absolute Gasteiger partial charge is 0.497 e. The van der Waals surface area contributed by atoms with E-state index in [0.29, 0.717) is 11.5 Å². The van der Waals surface area contributed by atoms with Crippen molar-refractivity contribution in [3.05, 3.63) is 18.2 Å². The zero-order valence-corrected chi connectivity index (χ0v) is 13.0. The van der Waals surface area contributed by atoms with Crippen LogP contribution in [0, 0.1) is 5.41 Å². The molecule has 0 radical (unpaired) electrons. The van der Waals surface area contributed by atoms with E-state index in [1.54, 1.807) is 14.2 Å². The number of methoxy groups -OCH3 is 2. The smallest absolute Gasteiger partial charge is 0.124 e. The minimum atomic E-state index is 0.406. The molecule has 0 amide bonds. The molecule has 1 fully saturated rings. The molecule has 4 heteroatoms. The predicted molar refractivity (Wildman–Crippen MR) is 82.7 cm³/mol. The minimum Gasteiger partial charge on any atom is -0.497 e. The number of rotatable bonds is 4. The molecule has 1 atom stereocenters. The molecule has 19 heavy (non-hydrogen) atoms. The first-order chi connectivity index (χ1) is 9.02. The fourth-order valence-electron chi connectivity index (χ4n) is 2.48. The second kappa shape index (κ2) is 5.95. The Labute approximate surface area is 120 Å². The van der Waals surface area contributed by atoms with Gasteiger partial charge in [-0.25, -0.2) is 0 Å². The van der Waals surface area contributed by atoms with Crippen molar-refractivity contribution >= 4 is 17.4 Å². The van der Waals surface area contributed by atoms with Crippen molar-refractivity contribution in [1.82, 2.24) is 0 Å². The molecule has 1 saturated heterocycles. The number of nitrogens with one attached hydrogen (secondary N) is 1. The molecule has 0 aliphatic carbocycles. The third kappa shape index (κ3) is 3.96. The lowest BCUT2D eigenvalue weighted by Gasteiger charge is -2.35. The number of benzene rings is 1. The van der Waals surface area contributed by atoms with Crippen molar-refractivity contribution in [1.29, 1.82) is 0 Å². The van der Waals surface area contributed by atoms with Gasteiger partial charge in [-0.3, -0.25) is 0 Å². The number of hydrogen-bond acceptors (Lipinski definition) is 4. The molecule has 1 aromatic rings. The van der Waals surface area contributed by atoms with Gasteiger partial charge in [-0.05, 0) is 17.6 Å². The molecule has 3 nitrogen and oxygen atoms in total. The Kier molecular flexibility index (Phi) is 4.50. The van der Waals surface area contributed by atoms with Crippen LogP contribution >= 0.6 is 11.8 Å². The van der Waals surface area contributed by atoms with Crippen molar-refractivity contribution < 1.29 is 9.47 Å². The van der Waals surface area contributed by atoms with Crippen molar-refractivity contribution in [2.75, 3.05) is 31.0 Å². The summed E-state index contributed by atoms with van der Waals surface area (Å²) in [6.45, 7) is 4.67. The van der Waals surface area contributed by atoms with Gasteiger partial charge >= 0.3 is 0 Å². The highest BCUT2D eigenvalue weighted by atomic mass is 32.2. The summed E-state index contributed by atoms with van der Waals surface area (Å²) in [6.07, 6.45) is 1.19. The molecule has 0 spiro atoms. The van der Waals surface area contributed by atoms with E-state index in [0.717, 1.165) is 22.9 Å². The van der Waals surface area contributed by atoms with Crippen LogP contribution in [0.3, 0.4) is 0 Å². The van der Waals surface area contributed by atoms with Gasteiger partial charge in [-0.2, -0.15) is 11.8 Å². The standard InChI is InChI=1S/C15H23NO2S/c1-15(2)8-12(9-19-10-15)16-11-5-13(17-3)7-14(6-11)18-4/h5-7,12,16H,8-10H2,1-4H3. The van der Waals surface area contributed by atoms with Crippen LogP contribution in [0.5, 0.6) is 11.5 Å². The average molecular weight is 281 g/mol. The molecule has 106 valence electrons. The number of thioether (sulfide) groups is 1. The first-order valence-corrected chi connectivity index (χ1v) is 7.75. The first kappa shape index (κ1) is 14.4. The molecule has 0 aromatic heterocycles. The van der Waals surface area contributed by atoms with Gasteiger partial charge in [0.1, 0.15) is 11.5 Å². The van der Waals surface area contributed by atoms with Gasteiger partial charge < -0.3 is 14.8 Å². The van der Waals surface area contributed by atoms with Crippen molar-refractivity contribution in [2.45, 2.75) is 26.3 Å². The van der Waals surface area contributed by atoms with Crippen molar-refractivity contribution in [3.8, 4) is 11.5 Å². The molecular weight excluding hydrogens is 258 g/mol. The Bertz CT molecular complexity index is 412. The molecule has 0 bridgehead atoms. The fraction of sp³-hybridized carbons (Fsp3) is 0.600. The van der Waals surface area contributed by atoms with Crippen molar-refractivity contribution in [2.24, 2.45) is 5.41 Å². The lowest BCUT2D eigenvalue weighted by molar-refractivity contribution is 0.358. The molecule has 1 aliphatic rings. The Morgan fingerprint density at radius 3 is 2.32 bits per heavy atom. The van der Waals surface area contributed by atoms with Crippen LogP contribution < -0.4 is 14.8 Å². The molecule has 1 aromatic carbocycles. The minimum absolute atomic E-state index is 0.406. The lowest BCUT2D eigenvalue weighted by atomic mass is 9.88. The second-order valence-corrected chi connectivity index (χ2v) is 6.86. The van der Waals surface area contributed by atoms with Crippen molar-refractivity contribution in [3.63, 3.8) is 0 Å². The van der Waals surface area contributed by atoms with E-state index in [4.69, 9.17) is 9.47 Å². The Balaban J connectivity index is 2.09. The molecule has 1 heterocycles. The molecule has 2 rings (SSSR count). The van der Waals surface area contributed by atoms with E-state index in [2.05, 4.69) is 19.2 Å². The van der Waals surface area contributed by atoms with E-state index < -0.39 is 0 Å². The summed E-state index contributed by atoms with van der Waals surface area (Å²) in [5.41, 5.74) is 1.48. The lowest BCUT2D eigenvalue weighted by Crippen LogP contribution is -2.35. The summed E-state index contributed by atoms with van der Waals surface area (Å²) < 4.78 is 10.6. The highest BCUT2D eigenvalue weighted by molar-refractivity contribution is 7.99. The monoisotopic (exact) mass is 281 g/mol. The normalized spacial score (nSPS) is 21.8. The Morgan fingerprint density at radius 2 is 1.79 bits per heavy atom.